The first-order valence-corrected chi connectivity index (χ1v) is 38.7. The lowest BCUT2D eigenvalue weighted by Gasteiger charge is -2.24. The Hall–Kier alpha value is -1.77. The minimum atomic E-state index is -4.39. The van der Waals surface area contributed by atoms with Crippen LogP contribution in [0.15, 0.2) is 36.5 Å². The van der Waals surface area contributed by atoms with Gasteiger partial charge in [0.15, 0.2) is 6.10 Å². The Labute approximate surface area is 529 Å². The van der Waals surface area contributed by atoms with Gasteiger partial charge in [-0.1, -0.05) is 352 Å². The number of rotatable bonds is 70. The zero-order valence-corrected chi connectivity index (χ0v) is 58.3. The van der Waals surface area contributed by atoms with E-state index in [0.717, 1.165) is 70.6 Å². The fourth-order valence-corrected chi connectivity index (χ4v) is 11.9. The van der Waals surface area contributed by atoms with Crippen LogP contribution in [0.1, 0.15) is 380 Å². The second kappa shape index (κ2) is 66.6. The molecule has 502 valence electrons. The molecule has 0 radical (unpaired) electrons. The number of phosphoric ester groups is 1. The van der Waals surface area contributed by atoms with Gasteiger partial charge >= 0.3 is 19.8 Å². The number of nitrogens with zero attached hydrogens (tertiary/aromatic N) is 1. The highest BCUT2D eigenvalue weighted by atomic mass is 31.2. The Morgan fingerprint density at radius 1 is 0.365 bits per heavy atom. The summed E-state index contributed by atoms with van der Waals surface area (Å²) in [6.07, 6.45) is 85.8. The number of likely N-dealkylation sites (N-methyl/N-ethyl adjacent to an activating group) is 1. The van der Waals surface area contributed by atoms with Crippen molar-refractivity contribution in [3.63, 3.8) is 0 Å². The third-order valence-corrected chi connectivity index (χ3v) is 17.9. The van der Waals surface area contributed by atoms with Crippen molar-refractivity contribution >= 4 is 19.8 Å². The largest absolute Gasteiger partial charge is 0.472 e. The second-order valence-corrected chi connectivity index (χ2v) is 28.1. The molecule has 0 aromatic carbocycles. The number of allylic oxidation sites excluding steroid dienone is 6. The van der Waals surface area contributed by atoms with Crippen molar-refractivity contribution in [3.05, 3.63) is 36.5 Å². The summed E-state index contributed by atoms with van der Waals surface area (Å²) in [5.41, 5.74) is 0. The van der Waals surface area contributed by atoms with Gasteiger partial charge in [0.1, 0.15) is 19.8 Å². The molecule has 0 spiro atoms. The van der Waals surface area contributed by atoms with Gasteiger partial charge in [0.2, 0.25) is 0 Å². The van der Waals surface area contributed by atoms with Crippen molar-refractivity contribution < 1.29 is 42.1 Å². The lowest BCUT2D eigenvalue weighted by atomic mass is 10.0. The summed E-state index contributed by atoms with van der Waals surface area (Å²) in [6, 6.07) is 0. The Balaban J connectivity index is 3.88. The summed E-state index contributed by atoms with van der Waals surface area (Å²) in [6.45, 7) is 4.47. The number of hydrogen-bond donors (Lipinski definition) is 1. The summed E-state index contributed by atoms with van der Waals surface area (Å²) >= 11 is 0. The van der Waals surface area contributed by atoms with E-state index in [2.05, 4.69) is 50.3 Å². The number of phosphoric acid groups is 1. The predicted molar refractivity (Wildman–Crippen MR) is 367 cm³/mol. The maximum atomic E-state index is 12.8. The Kier molecular flexibility index (Phi) is 65.3. The average molecular weight is 1220 g/mol. The van der Waals surface area contributed by atoms with E-state index in [1.807, 2.05) is 21.1 Å². The van der Waals surface area contributed by atoms with E-state index in [1.54, 1.807) is 0 Å². The molecule has 0 aromatic rings. The van der Waals surface area contributed by atoms with Gasteiger partial charge in [-0.25, -0.2) is 4.57 Å². The Morgan fingerprint density at radius 2 is 0.635 bits per heavy atom. The summed E-state index contributed by atoms with van der Waals surface area (Å²) in [5, 5.41) is 0. The fraction of sp³-hybridized carbons (Fsp3) is 0.893. The molecule has 0 rings (SSSR count). The average Bonchev–Trinajstić information content (AvgIpc) is 3.49. The zero-order chi connectivity index (χ0) is 61.9. The number of quaternary nitrogens is 1. The van der Waals surface area contributed by atoms with Crippen molar-refractivity contribution in [2.75, 3.05) is 47.5 Å². The van der Waals surface area contributed by atoms with E-state index in [-0.39, 0.29) is 25.6 Å². The lowest BCUT2D eigenvalue weighted by molar-refractivity contribution is -0.870. The smallest absolute Gasteiger partial charge is 0.462 e. The van der Waals surface area contributed by atoms with Crippen LogP contribution in [0.5, 0.6) is 0 Å². The molecule has 1 N–H and O–H groups in total. The minimum Gasteiger partial charge on any atom is -0.462 e. The summed E-state index contributed by atoms with van der Waals surface area (Å²) in [4.78, 5) is 35.8. The number of carbonyl (C=O) groups is 2. The second-order valence-electron chi connectivity index (χ2n) is 26.7. The van der Waals surface area contributed by atoms with E-state index in [4.69, 9.17) is 18.5 Å². The van der Waals surface area contributed by atoms with Crippen molar-refractivity contribution in [2.45, 2.75) is 386 Å². The van der Waals surface area contributed by atoms with Crippen LogP contribution >= 0.6 is 7.82 Å². The third kappa shape index (κ3) is 71.2. The molecule has 0 aliphatic heterocycles. The van der Waals surface area contributed by atoms with Gasteiger partial charge in [-0.15, -0.1) is 0 Å². The van der Waals surface area contributed by atoms with Gasteiger partial charge < -0.3 is 18.9 Å². The molecule has 0 aromatic heterocycles. The molecule has 2 unspecified atom stereocenters. The minimum absolute atomic E-state index is 0.0302. The van der Waals surface area contributed by atoms with Crippen LogP contribution in [0, 0.1) is 0 Å². The number of hydrogen-bond acceptors (Lipinski definition) is 7. The summed E-state index contributed by atoms with van der Waals surface area (Å²) < 4.78 is 34.7. The summed E-state index contributed by atoms with van der Waals surface area (Å²) in [7, 11) is 1.48. The molecule has 0 aliphatic carbocycles. The van der Waals surface area contributed by atoms with Crippen molar-refractivity contribution in [1.29, 1.82) is 0 Å². The topological polar surface area (TPSA) is 108 Å². The van der Waals surface area contributed by atoms with E-state index in [0.29, 0.717) is 23.9 Å². The standard InChI is InChI=1S/C75H144NO8P/c1-6-8-10-12-14-16-18-20-22-24-26-28-29-30-31-32-33-34-35-36-37-38-39-40-41-42-43-44-45-46-48-49-51-53-55-57-59-61-63-65-67-74(77)81-71-73(72-83-85(79,80)82-70-69-76(3,4)5)84-75(78)68-66-64-62-60-58-56-54-52-50-47-27-25-23-21-19-17-15-13-11-9-7-2/h19,21,25,27,50,52,73H,6-18,20,22-24,26,28-49,51,53-72H2,1-5H3/p+1/b21-19-,27-25-,52-50-. The molecule has 0 fully saturated rings. The summed E-state index contributed by atoms with van der Waals surface area (Å²) in [5.74, 6) is -0.794. The highest BCUT2D eigenvalue weighted by Crippen LogP contribution is 2.43. The Bertz CT molecular complexity index is 1530. The molecule has 9 nitrogen and oxygen atoms in total. The normalized spacial score (nSPS) is 13.2. The van der Waals surface area contributed by atoms with Crippen LogP contribution in [-0.4, -0.2) is 74.9 Å². The van der Waals surface area contributed by atoms with Gasteiger partial charge in [0.25, 0.3) is 0 Å². The fourth-order valence-electron chi connectivity index (χ4n) is 11.2. The highest BCUT2D eigenvalue weighted by Gasteiger charge is 2.27. The van der Waals surface area contributed by atoms with Crippen molar-refractivity contribution in [2.24, 2.45) is 0 Å². The number of carbonyl (C=O) groups excluding carboxylic acids is 2. The third-order valence-electron chi connectivity index (χ3n) is 16.9. The SMILES string of the molecule is CCCCCCC/C=C\C/C=C\C/C=C\CCCCCCCCC(=O)OC(COC(=O)CCCCCCCCCCCCCCCCCCCCCCCCCCCCCCCCCCCCCCCCCC)COP(=O)(O)OCC[N+](C)(C)C. The van der Waals surface area contributed by atoms with Crippen molar-refractivity contribution in [3.8, 4) is 0 Å². The van der Waals surface area contributed by atoms with Gasteiger partial charge in [-0.2, -0.15) is 0 Å². The molecule has 0 saturated carbocycles. The van der Waals surface area contributed by atoms with Gasteiger partial charge in [0.05, 0.1) is 27.7 Å². The van der Waals surface area contributed by atoms with Gasteiger partial charge in [-0.05, 0) is 51.4 Å². The monoisotopic (exact) mass is 1220 g/mol. The van der Waals surface area contributed by atoms with Crippen LogP contribution in [0.2, 0.25) is 0 Å². The molecule has 0 aliphatic rings. The molecule has 0 amide bonds. The van der Waals surface area contributed by atoms with E-state index < -0.39 is 26.5 Å². The van der Waals surface area contributed by atoms with Crippen LogP contribution in [0.3, 0.4) is 0 Å². The maximum Gasteiger partial charge on any atom is 0.472 e. The molecule has 85 heavy (non-hydrogen) atoms. The van der Waals surface area contributed by atoms with Crippen LogP contribution in [-0.2, 0) is 32.7 Å². The predicted octanol–water partition coefficient (Wildman–Crippen LogP) is 24.2. The molecule has 10 heteroatoms. The van der Waals surface area contributed by atoms with E-state index >= 15 is 0 Å². The molecular formula is C75H145NO8P+. The number of ether oxygens (including phenoxy) is 2. The first-order chi connectivity index (χ1) is 41.5. The van der Waals surface area contributed by atoms with Gasteiger partial charge in [0, 0.05) is 12.8 Å². The van der Waals surface area contributed by atoms with Crippen LogP contribution in [0.25, 0.3) is 0 Å². The molecule has 0 heterocycles. The highest BCUT2D eigenvalue weighted by molar-refractivity contribution is 7.47. The van der Waals surface area contributed by atoms with Crippen LogP contribution in [0.4, 0.5) is 0 Å². The number of unbranched alkanes of at least 4 members (excludes halogenated alkanes) is 50. The number of esters is 2. The zero-order valence-electron chi connectivity index (χ0n) is 57.4. The first-order valence-electron chi connectivity index (χ1n) is 37.2. The Morgan fingerprint density at radius 3 is 0.941 bits per heavy atom. The van der Waals surface area contributed by atoms with Crippen LogP contribution < -0.4 is 0 Å². The lowest BCUT2D eigenvalue weighted by Crippen LogP contribution is -2.37. The molecular weight excluding hydrogens is 1070 g/mol. The quantitative estimate of drug-likeness (QED) is 0.0211. The first kappa shape index (κ1) is 83.2. The van der Waals surface area contributed by atoms with E-state index in [9.17, 15) is 19.0 Å². The molecule has 0 saturated heterocycles. The van der Waals surface area contributed by atoms with Crippen molar-refractivity contribution in [1.82, 2.24) is 0 Å². The molecule has 2 atom stereocenters. The molecule has 0 bridgehead atoms. The maximum absolute atomic E-state index is 12.8. The van der Waals surface area contributed by atoms with E-state index in [1.165, 1.54) is 276 Å². The van der Waals surface area contributed by atoms with Gasteiger partial charge in [-0.3, -0.25) is 18.6 Å².